The van der Waals surface area contributed by atoms with Gasteiger partial charge < -0.3 is 20.1 Å². The van der Waals surface area contributed by atoms with E-state index >= 15 is 0 Å². The number of benzene rings is 1. The maximum absolute atomic E-state index is 13.4. The van der Waals surface area contributed by atoms with E-state index < -0.39 is 22.8 Å². The van der Waals surface area contributed by atoms with Crippen LogP contribution in [0.5, 0.6) is 5.75 Å². The van der Waals surface area contributed by atoms with Gasteiger partial charge in [0, 0.05) is 32.1 Å². The quantitative estimate of drug-likeness (QED) is 0.453. The highest BCUT2D eigenvalue weighted by Crippen LogP contribution is 2.26. The van der Waals surface area contributed by atoms with Crippen molar-refractivity contribution in [3.05, 3.63) is 69.4 Å². The van der Waals surface area contributed by atoms with Crippen LogP contribution in [0.4, 0.5) is 4.39 Å². The molecule has 9 nitrogen and oxygen atoms in total. The van der Waals surface area contributed by atoms with Crippen LogP contribution in [0.3, 0.4) is 0 Å². The highest BCUT2D eigenvalue weighted by molar-refractivity contribution is 7.99. The number of thioether (sulfide) groups is 1. The number of methoxy groups -OCH3 is 1. The summed E-state index contributed by atoms with van der Waals surface area (Å²) in [6, 6.07) is 7.66. The van der Waals surface area contributed by atoms with E-state index in [0.717, 1.165) is 11.3 Å². The Morgan fingerprint density at radius 1 is 1.26 bits per heavy atom. The number of aromatic nitrogens is 2. The fourth-order valence-corrected chi connectivity index (χ4v) is 4.82. The summed E-state index contributed by atoms with van der Waals surface area (Å²) in [6.07, 6.45) is 1.92. The second-order valence-electron chi connectivity index (χ2n) is 8.07. The summed E-state index contributed by atoms with van der Waals surface area (Å²) in [7, 11) is 1.47. The SMILES string of the molecule is COCCNC(=O)c1c(O)c2ncc(Cc3ccc(F)cc3)cc2n(CC(=O)N2CCSC2)c1=O. The number of halogens is 1. The molecule has 1 fully saturated rings. The highest BCUT2D eigenvalue weighted by atomic mass is 32.2. The molecule has 0 unspecified atom stereocenters. The summed E-state index contributed by atoms with van der Waals surface area (Å²) < 4.78 is 19.4. The lowest BCUT2D eigenvalue weighted by Crippen LogP contribution is -2.38. The summed E-state index contributed by atoms with van der Waals surface area (Å²) in [6.45, 7) is 0.646. The predicted molar refractivity (Wildman–Crippen MR) is 130 cm³/mol. The number of ether oxygens (including phenoxy) is 1. The molecule has 1 aromatic carbocycles. The molecule has 1 aliphatic rings. The van der Waals surface area contributed by atoms with E-state index in [2.05, 4.69) is 10.3 Å². The summed E-state index contributed by atoms with van der Waals surface area (Å²) in [5.41, 5.74) is 0.527. The van der Waals surface area contributed by atoms with Crippen molar-refractivity contribution in [2.75, 3.05) is 38.4 Å². The van der Waals surface area contributed by atoms with Crippen LogP contribution in [0, 0.1) is 5.82 Å². The van der Waals surface area contributed by atoms with Crippen LogP contribution in [-0.2, 0) is 22.5 Å². The van der Waals surface area contributed by atoms with Crippen LogP contribution in [0.25, 0.3) is 11.0 Å². The molecule has 4 rings (SSSR count). The minimum absolute atomic E-state index is 0.0351. The van der Waals surface area contributed by atoms with E-state index in [-0.39, 0.29) is 42.5 Å². The molecule has 0 aliphatic carbocycles. The molecule has 1 aliphatic heterocycles. The van der Waals surface area contributed by atoms with Crippen LogP contribution in [0.1, 0.15) is 21.5 Å². The number of hydrogen-bond donors (Lipinski definition) is 2. The van der Waals surface area contributed by atoms with Crippen molar-refractivity contribution in [2.45, 2.75) is 13.0 Å². The molecule has 3 aromatic rings. The molecular formula is C24H25FN4O5S. The third-order valence-electron chi connectivity index (χ3n) is 5.67. The summed E-state index contributed by atoms with van der Waals surface area (Å²) in [5.74, 6) is -0.594. The number of pyridine rings is 2. The lowest BCUT2D eigenvalue weighted by atomic mass is 10.1. The van der Waals surface area contributed by atoms with Gasteiger partial charge in [0.05, 0.1) is 18.0 Å². The van der Waals surface area contributed by atoms with Gasteiger partial charge in [-0.3, -0.25) is 23.9 Å². The fraction of sp³-hybridized carbons (Fsp3) is 0.333. The van der Waals surface area contributed by atoms with E-state index in [4.69, 9.17) is 4.74 Å². The number of carbonyl (C=O) groups excluding carboxylic acids is 2. The molecule has 2 N–H and O–H groups in total. The zero-order valence-corrected chi connectivity index (χ0v) is 19.9. The normalized spacial score (nSPS) is 13.4. The van der Waals surface area contributed by atoms with Gasteiger partial charge in [0.25, 0.3) is 11.5 Å². The molecule has 184 valence electrons. The third-order valence-corrected chi connectivity index (χ3v) is 6.64. The van der Waals surface area contributed by atoms with Gasteiger partial charge in [-0.15, -0.1) is 11.8 Å². The van der Waals surface area contributed by atoms with Gasteiger partial charge >= 0.3 is 0 Å². The average Bonchev–Trinajstić information content (AvgIpc) is 3.39. The zero-order valence-electron chi connectivity index (χ0n) is 19.1. The van der Waals surface area contributed by atoms with Gasteiger partial charge in [-0.2, -0.15) is 0 Å². The zero-order chi connectivity index (χ0) is 24.9. The van der Waals surface area contributed by atoms with Crippen LogP contribution in [-0.4, -0.2) is 69.8 Å². The standard InChI is InChI=1S/C24H25FN4O5S/c1-34-8-6-26-23(32)20-22(31)21-18(29(24(20)33)13-19(30)28-7-9-35-14-28)11-16(12-27-21)10-15-2-4-17(25)5-3-15/h2-5,11-12,31H,6-10,13-14H2,1H3,(H,26,32). The Hall–Kier alpha value is -3.44. The smallest absolute Gasteiger partial charge is 0.268 e. The first-order valence-electron chi connectivity index (χ1n) is 11.0. The van der Waals surface area contributed by atoms with Crippen molar-refractivity contribution in [3.8, 4) is 5.75 Å². The van der Waals surface area contributed by atoms with Crippen LogP contribution in [0.15, 0.2) is 41.3 Å². The summed E-state index contributed by atoms with van der Waals surface area (Å²) >= 11 is 1.62. The van der Waals surface area contributed by atoms with Crippen molar-refractivity contribution in [1.82, 2.24) is 19.8 Å². The minimum atomic E-state index is -0.786. The third kappa shape index (κ3) is 5.46. The van der Waals surface area contributed by atoms with E-state index in [1.54, 1.807) is 34.9 Å². The lowest BCUT2D eigenvalue weighted by molar-refractivity contribution is -0.130. The van der Waals surface area contributed by atoms with E-state index in [0.29, 0.717) is 24.4 Å². The number of amides is 2. The number of nitrogens with zero attached hydrogens (tertiary/aromatic N) is 3. The Morgan fingerprint density at radius 3 is 2.71 bits per heavy atom. The molecule has 0 radical (unpaired) electrons. The highest BCUT2D eigenvalue weighted by Gasteiger charge is 2.26. The Labute approximate surface area is 204 Å². The maximum Gasteiger partial charge on any atom is 0.268 e. The number of rotatable bonds is 8. The molecule has 2 amide bonds. The Kier molecular flexibility index (Phi) is 7.67. The largest absolute Gasteiger partial charge is 0.505 e. The first kappa shape index (κ1) is 24.7. The Bertz CT molecular complexity index is 1310. The summed E-state index contributed by atoms with van der Waals surface area (Å²) in [5, 5.41) is 13.4. The molecule has 0 saturated carbocycles. The number of hydrogen-bond acceptors (Lipinski definition) is 7. The Morgan fingerprint density at radius 2 is 2.03 bits per heavy atom. The molecular weight excluding hydrogens is 475 g/mol. The average molecular weight is 501 g/mol. The number of nitrogens with one attached hydrogen (secondary N) is 1. The van der Waals surface area contributed by atoms with Crippen molar-refractivity contribution in [3.63, 3.8) is 0 Å². The van der Waals surface area contributed by atoms with Gasteiger partial charge in [-0.05, 0) is 35.7 Å². The number of fused-ring (bicyclic) bond motifs is 1. The second-order valence-corrected chi connectivity index (χ2v) is 9.15. The first-order valence-corrected chi connectivity index (χ1v) is 12.2. The molecule has 2 aromatic heterocycles. The second kappa shape index (κ2) is 10.9. The molecule has 0 atom stereocenters. The van der Waals surface area contributed by atoms with Crippen LogP contribution in [0.2, 0.25) is 0 Å². The van der Waals surface area contributed by atoms with Gasteiger partial charge in [0.15, 0.2) is 5.75 Å². The molecule has 0 spiro atoms. The number of aromatic hydroxyl groups is 1. The minimum Gasteiger partial charge on any atom is -0.505 e. The Balaban J connectivity index is 1.78. The van der Waals surface area contributed by atoms with Crippen molar-refractivity contribution in [2.24, 2.45) is 0 Å². The van der Waals surface area contributed by atoms with E-state index in [1.807, 2.05) is 0 Å². The van der Waals surface area contributed by atoms with E-state index in [9.17, 15) is 23.9 Å². The van der Waals surface area contributed by atoms with Crippen LogP contribution >= 0.6 is 11.8 Å². The molecule has 35 heavy (non-hydrogen) atoms. The predicted octanol–water partition coefficient (Wildman–Crippen LogP) is 1.74. The van der Waals surface area contributed by atoms with Gasteiger partial charge in [0.2, 0.25) is 5.91 Å². The molecule has 11 heteroatoms. The number of carbonyl (C=O) groups is 2. The van der Waals surface area contributed by atoms with Crippen LogP contribution < -0.4 is 10.9 Å². The first-order chi connectivity index (χ1) is 16.9. The molecule has 3 heterocycles. The van der Waals surface area contributed by atoms with Gasteiger partial charge in [0.1, 0.15) is 23.4 Å². The fourth-order valence-electron chi connectivity index (χ4n) is 3.84. The molecule has 1 saturated heterocycles. The lowest BCUT2D eigenvalue weighted by Gasteiger charge is -2.18. The monoisotopic (exact) mass is 500 g/mol. The van der Waals surface area contributed by atoms with Gasteiger partial charge in [-0.25, -0.2) is 4.39 Å². The maximum atomic E-state index is 13.4. The van der Waals surface area contributed by atoms with Crippen molar-refractivity contribution >= 4 is 34.6 Å². The van der Waals surface area contributed by atoms with Gasteiger partial charge in [-0.1, -0.05) is 12.1 Å². The molecule has 0 bridgehead atoms. The van der Waals surface area contributed by atoms with E-state index in [1.165, 1.54) is 30.0 Å². The van der Waals surface area contributed by atoms with Crippen molar-refractivity contribution < 1.29 is 23.8 Å². The van der Waals surface area contributed by atoms with Crippen molar-refractivity contribution in [1.29, 1.82) is 0 Å². The summed E-state index contributed by atoms with van der Waals surface area (Å²) in [4.78, 5) is 45.0. The topological polar surface area (TPSA) is 114 Å².